The molecule has 0 bridgehead atoms. The zero-order chi connectivity index (χ0) is 9.47. The van der Waals surface area contributed by atoms with Crippen molar-refractivity contribution in [2.75, 3.05) is 13.2 Å². The number of carboxylic acids is 1. The van der Waals surface area contributed by atoms with Crippen LogP contribution < -0.4 is 0 Å². The van der Waals surface area contributed by atoms with Crippen LogP contribution in [-0.4, -0.2) is 34.6 Å². The molecule has 2 heterocycles. The molecule has 1 fully saturated rings. The number of nitrogens with zero attached hydrogens (tertiary/aromatic N) is 1. The van der Waals surface area contributed by atoms with E-state index < -0.39 is 11.6 Å². The molecule has 1 aliphatic heterocycles. The Morgan fingerprint density at radius 3 is 2.69 bits per heavy atom. The van der Waals surface area contributed by atoms with Crippen molar-refractivity contribution in [2.45, 2.75) is 5.60 Å². The molecule has 2 rings (SSSR count). The van der Waals surface area contributed by atoms with E-state index in [9.17, 15) is 9.90 Å². The molecule has 1 aliphatic rings. The van der Waals surface area contributed by atoms with Gasteiger partial charge in [-0.25, -0.2) is 4.79 Å². The summed E-state index contributed by atoms with van der Waals surface area (Å²) >= 11 is 0. The molecule has 0 aromatic carbocycles. The number of carboxylic acid groups (broad SMARTS) is 1. The maximum Gasteiger partial charge on any atom is 0.358 e. The highest BCUT2D eigenvalue weighted by Crippen LogP contribution is 2.29. The Kier molecular flexibility index (Phi) is 1.61. The van der Waals surface area contributed by atoms with Crippen LogP contribution in [0.15, 0.2) is 10.6 Å². The first-order valence-corrected chi connectivity index (χ1v) is 3.62. The fourth-order valence-electron chi connectivity index (χ4n) is 1.03. The van der Waals surface area contributed by atoms with Crippen LogP contribution in [0.4, 0.5) is 0 Å². The second kappa shape index (κ2) is 2.54. The fourth-order valence-corrected chi connectivity index (χ4v) is 1.03. The van der Waals surface area contributed by atoms with Crippen LogP contribution in [0.1, 0.15) is 16.2 Å². The summed E-state index contributed by atoms with van der Waals surface area (Å²) in [6, 6.07) is 1.20. The second-order valence-electron chi connectivity index (χ2n) is 2.91. The maximum absolute atomic E-state index is 10.4. The summed E-state index contributed by atoms with van der Waals surface area (Å²) in [5.41, 5.74) is -1.41. The Morgan fingerprint density at radius 2 is 2.31 bits per heavy atom. The molecule has 0 spiro atoms. The van der Waals surface area contributed by atoms with E-state index in [1.165, 1.54) is 6.07 Å². The normalized spacial score (nSPS) is 19.5. The van der Waals surface area contributed by atoms with Crippen LogP contribution in [0, 0.1) is 0 Å². The number of ether oxygens (including phenoxy) is 1. The number of aliphatic hydroxyl groups is 1. The summed E-state index contributed by atoms with van der Waals surface area (Å²) in [5, 5.41) is 21.4. The van der Waals surface area contributed by atoms with Crippen molar-refractivity contribution in [1.29, 1.82) is 0 Å². The number of rotatable bonds is 2. The minimum absolute atomic E-state index is 0.112. The number of hydrogen-bond donors (Lipinski definition) is 2. The second-order valence-corrected chi connectivity index (χ2v) is 2.91. The zero-order valence-electron chi connectivity index (χ0n) is 6.56. The van der Waals surface area contributed by atoms with Gasteiger partial charge < -0.3 is 19.5 Å². The highest BCUT2D eigenvalue weighted by atomic mass is 16.6. The number of aromatic carboxylic acids is 1. The first-order chi connectivity index (χ1) is 6.12. The molecular weight excluding hydrogens is 178 g/mol. The molecule has 1 aromatic heterocycles. The molecule has 0 aliphatic carbocycles. The SMILES string of the molecule is O=C(O)c1cc(C2(O)COC2)on1. The van der Waals surface area contributed by atoms with E-state index in [2.05, 4.69) is 9.68 Å². The van der Waals surface area contributed by atoms with Crippen LogP contribution in [0.25, 0.3) is 0 Å². The van der Waals surface area contributed by atoms with Crippen molar-refractivity contribution in [2.24, 2.45) is 0 Å². The topological polar surface area (TPSA) is 92.8 Å². The number of hydrogen-bond acceptors (Lipinski definition) is 5. The molecular formula is C7H7NO5. The van der Waals surface area contributed by atoms with Crippen LogP contribution in [-0.2, 0) is 10.3 Å². The van der Waals surface area contributed by atoms with Crippen LogP contribution in [0.2, 0.25) is 0 Å². The molecule has 0 radical (unpaired) electrons. The highest BCUT2D eigenvalue weighted by molar-refractivity contribution is 5.85. The van der Waals surface area contributed by atoms with Gasteiger partial charge in [0.05, 0.1) is 13.2 Å². The monoisotopic (exact) mass is 185 g/mol. The summed E-state index contributed by atoms with van der Waals surface area (Å²) in [5.74, 6) is -1.05. The Hall–Kier alpha value is -1.40. The Bertz CT molecular complexity index is 340. The summed E-state index contributed by atoms with van der Waals surface area (Å²) in [4.78, 5) is 10.4. The molecule has 0 atom stereocenters. The summed E-state index contributed by atoms with van der Waals surface area (Å²) < 4.78 is 9.45. The smallest absolute Gasteiger partial charge is 0.358 e. The predicted molar refractivity (Wildman–Crippen MR) is 38.2 cm³/mol. The van der Waals surface area contributed by atoms with E-state index in [0.717, 1.165) is 0 Å². The van der Waals surface area contributed by atoms with E-state index in [1.54, 1.807) is 0 Å². The van der Waals surface area contributed by atoms with Gasteiger partial charge in [0.25, 0.3) is 0 Å². The van der Waals surface area contributed by atoms with Gasteiger partial charge in [-0.2, -0.15) is 0 Å². The average molecular weight is 185 g/mol. The van der Waals surface area contributed by atoms with Crippen molar-refractivity contribution >= 4 is 5.97 Å². The molecule has 13 heavy (non-hydrogen) atoms. The van der Waals surface area contributed by atoms with Crippen molar-refractivity contribution in [3.63, 3.8) is 0 Å². The van der Waals surface area contributed by atoms with Crippen molar-refractivity contribution in [1.82, 2.24) is 5.16 Å². The lowest BCUT2D eigenvalue weighted by molar-refractivity contribution is -0.195. The number of aromatic nitrogens is 1. The van der Waals surface area contributed by atoms with E-state index >= 15 is 0 Å². The van der Waals surface area contributed by atoms with Crippen LogP contribution in [0.5, 0.6) is 0 Å². The van der Waals surface area contributed by atoms with Gasteiger partial charge in [-0.05, 0) is 0 Å². The molecule has 6 nitrogen and oxygen atoms in total. The van der Waals surface area contributed by atoms with Crippen LogP contribution in [0.3, 0.4) is 0 Å². The lowest BCUT2D eigenvalue weighted by Gasteiger charge is -2.33. The van der Waals surface area contributed by atoms with Crippen molar-refractivity contribution < 1.29 is 24.3 Å². The first-order valence-electron chi connectivity index (χ1n) is 3.62. The van der Waals surface area contributed by atoms with Gasteiger partial charge in [0.2, 0.25) is 0 Å². The van der Waals surface area contributed by atoms with E-state index in [-0.39, 0.29) is 24.7 Å². The Labute approximate surface area is 72.7 Å². The largest absolute Gasteiger partial charge is 0.476 e. The standard InChI is InChI=1S/C7H7NO5/c9-6(10)4-1-5(13-8-4)7(11)2-12-3-7/h1,11H,2-3H2,(H,9,10). The van der Waals surface area contributed by atoms with Crippen molar-refractivity contribution in [3.8, 4) is 0 Å². The third kappa shape index (κ3) is 1.20. The summed E-state index contributed by atoms with van der Waals surface area (Å²) in [6.45, 7) is 0.225. The molecule has 0 saturated carbocycles. The van der Waals surface area contributed by atoms with Gasteiger partial charge in [-0.3, -0.25) is 0 Å². The van der Waals surface area contributed by atoms with Gasteiger partial charge in [0, 0.05) is 6.07 Å². The highest BCUT2D eigenvalue weighted by Gasteiger charge is 2.42. The van der Waals surface area contributed by atoms with E-state index in [0.29, 0.717) is 0 Å². The molecule has 6 heteroatoms. The van der Waals surface area contributed by atoms with Gasteiger partial charge in [0.1, 0.15) is 0 Å². The first kappa shape index (κ1) is 8.21. The third-order valence-corrected chi connectivity index (χ3v) is 1.87. The number of carbonyl (C=O) groups is 1. The van der Waals surface area contributed by atoms with Crippen LogP contribution >= 0.6 is 0 Å². The quantitative estimate of drug-likeness (QED) is 0.650. The molecule has 70 valence electrons. The van der Waals surface area contributed by atoms with Crippen molar-refractivity contribution in [3.05, 3.63) is 17.5 Å². The van der Waals surface area contributed by atoms with Gasteiger partial charge in [0.15, 0.2) is 17.1 Å². The molecule has 0 unspecified atom stereocenters. The third-order valence-electron chi connectivity index (χ3n) is 1.87. The summed E-state index contributed by atoms with van der Waals surface area (Å²) in [6.07, 6.45) is 0. The molecule has 1 saturated heterocycles. The maximum atomic E-state index is 10.4. The Balaban J connectivity index is 2.27. The van der Waals surface area contributed by atoms with E-state index in [4.69, 9.17) is 9.84 Å². The van der Waals surface area contributed by atoms with Gasteiger partial charge in [-0.15, -0.1) is 0 Å². The molecule has 2 N–H and O–H groups in total. The predicted octanol–water partition coefficient (Wildman–Crippen LogP) is -0.409. The van der Waals surface area contributed by atoms with Gasteiger partial charge >= 0.3 is 5.97 Å². The minimum Gasteiger partial charge on any atom is -0.476 e. The molecule has 0 amide bonds. The van der Waals surface area contributed by atoms with E-state index in [1.807, 2.05) is 0 Å². The zero-order valence-corrected chi connectivity index (χ0v) is 6.56. The minimum atomic E-state index is -1.19. The Morgan fingerprint density at radius 1 is 1.62 bits per heavy atom. The lowest BCUT2D eigenvalue weighted by Crippen LogP contribution is -2.46. The summed E-state index contributed by atoms with van der Waals surface area (Å²) in [7, 11) is 0. The van der Waals surface area contributed by atoms with Gasteiger partial charge in [-0.1, -0.05) is 5.16 Å². The average Bonchev–Trinajstić information content (AvgIpc) is 2.48. The lowest BCUT2D eigenvalue weighted by atomic mass is 9.99. The molecule has 1 aromatic rings. The fraction of sp³-hybridized carbons (Fsp3) is 0.429.